The van der Waals surface area contributed by atoms with Gasteiger partial charge in [0.15, 0.2) is 0 Å². The van der Waals surface area contributed by atoms with Crippen molar-refractivity contribution in [3.05, 3.63) is 29.8 Å². The van der Waals surface area contributed by atoms with Gasteiger partial charge >= 0.3 is 5.97 Å². The molecular weight excluding hydrogens is 389 g/mol. The minimum Gasteiger partial charge on any atom is -0.463 e. The third-order valence-corrected chi connectivity index (χ3v) is 5.99. The summed E-state index contributed by atoms with van der Waals surface area (Å²) >= 11 is 0. The van der Waals surface area contributed by atoms with Crippen molar-refractivity contribution in [2.45, 2.75) is 96.1 Å². The molecule has 170 valence electrons. The lowest BCUT2D eigenvalue weighted by atomic mass is 9.84. The maximum absolute atomic E-state index is 13.8. The molecular formula is C23H36FNO5. The van der Waals surface area contributed by atoms with Crippen molar-refractivity contribution in [1.82, 2.24) is 4.98 Å². The van der Waals surface area contributed by atoms with Gasteiger partial charge in [-0.1, -0.05) is 19.3 Å². The van der Waals surface area contributed by atoms with Crippen molar-refractivity contribution in [2.75, 3.05) is 0 Å². The van der Waals surface area contributed by atoms with Crippen LogP contribution in [0.1, 0.15) is 83.3 Å². The van der Waals surface area contributed by atoms with Crippen LogP contribution in [0.3, 0.4) is 0 Å². The summed E-state index contributed by atoms with van der Waals surface area (Å²) in [6.45, 7) is 3.67. The highest BCUT2D eigenvalue weighted by molar-refractivity contribution is 5.69. The highest BCUT2D eigenvalue weighted by Gasteiger charge is 2.41. The van der Waals surface area contributed by atoms with Gasteiger partial charge in [-0.2, -0.15) is 0 Å². The van der Waals surface area contributed by atoms with Gasteiger partial charge in [0.25, 0.3) is 0 Å². The Morgan fingerprint density at radius 2 is 1.83 bits per heavy atom. The molecule has 2 rings (SSSR count). The molecule has 1 aromatic heterocycles. The van der Waals surface area contributed by atoms with Crippen LogP contribution in [-0.2, 0) is 9.53 Å². The van der Waals surface area contributed by atoms with Crippen LogP contribution >= 0.6 is 0 Å². The van der Waals surface area contributed by atoms with Crippen LogP contribution in [-0.4, -0.2) is 44.6 Å². The molecule has 0 bridgehead atoms. The molecule has 0 amide bonds. The van der Waals surface area contributed by atoms with Gasteiger partial charge in [-0.15, -0.1) is 0 Å². The molecule has 7 heteroatoms. The van der Waals surface area contributed by atoms with E-state index in [-0.39, 0.29) is 29.5 Å². The molecule has 1 fully saturated rings. The second-order valence-electron chi connectivity index (χ2n) is 8.68. The smallest absolute Gasteiger partial charge is 0.306 e. The van der Waals surface area contributed by atoms with E-state index in [0.29, 0.717) is 25.7 Å². The lowest BCUT2D eigenvalue weighted by Gasteiger charge is -2.24. The van der Waals surface area contributed by atoms with Gasteiger partial charge in [0, 0.05) is 18.2 Å². The minimum atomic E-state index is -0.954. The van der Waals surface area contributed by atoms with Crippen LogP contribution in [0.25, 0.3) is 0 Å². The first-order valence-electron chi connectivity index (χ1n) is 11.1. The maximum atomic E-state index is 13.8. The van der Waals surface area contributed by atoms with Crippen molar-refractivity contribution in [1.29, 1.82) is 0 Å². The number of aromatic nitrogens is 1. The van der Waals surface area contributed by atoms with Crippen molar-refractivity contribution < 1.29 is 29.2 Å². The van der Waals surface area contributed by atoms with Gasteiger partial charge in [-0.3, -0.25) is 9.78 Å². The summed E-state index contributed by atoms with van der Waals surface area (Å²) in [6, 6.07) is 1.47. The second-order valence-corrected chi connectivity index (χ2v) is 8.68. The first-order chi connectivity index (χ1) is 14.3. The quantitative estimate of drug-likeness (QED) is 0.349. The number of halogens is 1. The molecule has 1 heterocycles. The maximum Gasteiger partial charge on any atom is 0.306 e. The predicted octanol–water partition coefficient (Wildman–Crippen LogP) is 3.68. The summed E-state index contributed by atoms with van der Waals surface area (Å²) in [5, 5.41) is 31.1. The summed E-state index contributed by atoms with van der Waals surface area (Å²) in [5.41, 5.74) is 0.213. The fraction of sp³-hybridized carbons (Fsp3) is 0.739. The number of rotatable bonds is 12. The van der Waals surface area contributed by atoms with Gasteiger partial charge in [-0.25, -0.2) is 4.39 Å². The number of hydrogen-bond acceptors (Lipinski definition) is 6. The lowest BCUT2D eigenvalue weighted by molar-refractivity contribution is -0.147. The standard InChI is InChI=1S/C23H36FNO5/c1-15(2)30-23(29)8-6-4-3-5-7-16-17(22(28)13-21(16)27)9-10-20(26)18-11-12-25-14-19(18)24/h11-12,14-17,20-22,26-28H,3-10,13H2,1-2H3/t16?,17-,20?,21+,22-/m1/s1. The molecule has 5 atom stereocenters. The van der Waals surface area contributed by atoms with Crippen molar-refractivity contribution in [3.63, 3.8) is 0 Å². The number of nitrogens with zero attached hydrogens (tertiary/aromatic N) is 1. The predicted molar refractivity (Wildman–Crippen MR) is 111 cm³/mol. The molecule has 0 radical (unpaired) electrons. The Labute approximate surface area is 178 Å². The minimum absolute atomic E-state index is 0.0274. The Morgan fingerprint density at radius 3 is 2.50 bits per heavy atom. The zero-order valence-corrected chi connectivity index (χ0v) is 18.0. The van der Waals surface area contributed by atoms with Crippen LogP contribution in [0.15, 0.2) is 18.5 Å². The first kappa shape index (κ1) is 24.7. The SMILES string of the molecule is CC(C)OC(=O)CCCCCCC1[C@@H](CCC(O)c2ccncc2F)[C@H](O)C[C@@H]1O. The number of ether oxygens (including phenoxy) is 1. The molecule has 0 aliphatic heterocycles. The third-order valence-electron chi connectivity index (χ3n) is 5.99. The van der Waals surface area contributed by atoms with Gasteiger partial charge in [-0.05, 0) is 63.9 Å². The Bertz CT molecular complexity index is 656. The zero-order valence-electron chi connectivity index (χ0n) is 18.0. The number of carbonyl (C=O) groups is 1. The largest absolute Gasteiger partial charge is 0.463 e. The summed E-state index contributed by atoms with van der Waals surface area (Å²) in [7, 11) is 0. The van der Waals surface area contributed by atoms with Crippen LogP contribution in [0, 0.1) is 17.7 Å². The molecule has 1 aromatic rings. The fourth-order valence-electron chi connectivity index (χ4n) is 4.47. The average Bonchev–Trinajstić information content (AvgIpc) is 2.95. The van der Waals surface area contributed by atoms with E-state index in [9.17, 15) is 24.5 Å². The number of esters is 1. The highest BCUT2D eigenvalue weighted by atomic mass is 19.1. The second kappa shape index (κ2) is 12.3. The van der Waals surface area contributed by atoms with Crippen molar-refractivity contribution in [3.8, 4) is 0 Å². The van der Waals surface area contributed by atoms with E-state index in [2.05, 4.69) is 4.98 Å². The van der Waals surface area contributed by atoms with E-state index < -0.39 is 24.1 Å². The van der Waals surface area contributed by atoms with E-state index in [1.807, 2.05) is 13.8 Å². The monoisotopic (exact) mass is 425 g/mol. The molecule has 0 saturated heterocycles. The Morgan fingerprint density at radius 1 is 1.17 bits per heavy atom. The molecule has 3 N–H and O–H groups in total. The Kier molecular flexibility index (Phi) is 10.1. The lowest BCUT2D eigenvalue weighted by Crippen LogP contribution is -2.23. The molecule has 1 aliphatic rings. The summed E-state index contributed by atoms with van der Waals surface area (Å²) in [6.07, 6.45) is 6.30. The average molecular weight is 426 g/mol. The van der Waals surface area contributed by atoms with Gasteiger partial charge in [0.1, 0.15) is 5.82 Å². The van der Waals surface area contributed by atoms with E-state index in [1.54, 1.807) is 0 Å². The van der Waals surface area contributed by atoms with Crippen LogP contribution in [0.4, 0.5) is 4.39 Å². The number of pyridine rings is 1. The topological polar surface area (TPSA) is 99.9 Å². The summed E-state index contributed by atoms with van der Waals surface area (Å²) < 4.78 is 18.9. The molecule has 0 spiro atoms. The van der Waals surface area contributed by atoms with Crippen LogP contribution in [0.2, 0.25) is 0 Å². The van der Waals surface area contributed by atoms with Crippen molar-refractivity contribution >= 4 is 5.97 Å². The van der Waals surface area contributed by atoms with E-state index >= 15 is 0 Å². The normalized spacial score (nSPS) is 24.9. The molecule has 30 heavy (non-hydrogen) atoms. The molecule has 2 unspecified atom stereocenters. The van der Waals surface area contributed by atoms with Crippen LogP contribution in [0.5, 0.6) is 0 Å². The first-order valence-corrected chi connectivity index (χ1v) is 11.1. The Hall–Kier alpha value is -1.57. The van der Waals surface area contributed by atoms with Crippen LogP contribution < -0.4 is 0 Å². The molecule has 1 saturated carbocycles. The third kappa shape index (κ3) is 7.60. The number of unbranched alkanes of at least 4 members (excludes halogenated alkanes) is 3. The van der Waals surface area contributed by atoms with Crippen molar-refractivity contribution in [2.24, 2.45) is 11.8 Å². The number of aliphatic hydroxyl groups excluding tert-OH is 3. The van der Waals surface area contributed by atoms with Gasteiger partial charge < -0.3 is 20.1 Å². The zero-order chi connectivity index (χ0) is 22.1. The molecule has 1 aliphatic carbocycles. The number of carbonyl (C=O) groups excluding carboxylic acids is 1. The van der Waals surface area contributed by atoms with Gasteiger partial charge in [0.2, 0.25) is 0 Å². The molecule has 6 nitrogen and oxygen atoms in total. The summed E-state index contributed by atoms with van der Waals surface area (Å²) in [4.78, 5) is 15.2. The summed E-state index contributed by atoms with van der Waals surface area (Å²) in [5.74, 6) is -0.838. The van der Waals surface area contributed by atoms with Gasteiger partial charge in [0.05, 0.1) is 30.6 Å². The Balaban J connectivity index is 1.73. The van der Waals surface area contributed by atoms with E-state index in [4.69, 9.17) is 4.74 Å². The number of hydrogen-bond donors (Lipinski definition) is 3. The highest BCUT2D eigenvalue weighted by Crippen LogP contribution is 2.40. The molecule has 0 aromatic carbocycles. The van der Waals surface area contributed by atoms with E-state index in [1.165, 1.54) is 12.3 Å². The number of aliphatic hydroxyl groups is 3. The van der Waals surface area contributed by atoms with E-state index in [0.717, 1.165) is 38.3 Å². The fourth-order valence-corrected chi connectivity index (χ4v) is 4.47.